The second-order valence-electron chi connectivity index (χ2n) is 7.95. The fourth-order valence-corrected chi connectivity index (χ4v) is 4.08. The molecule has 1 atom stereocenters. The van der Waals surface area contributed by atoms with Crippen LogP contribution in [0.2, 0.25) is 0 Å². The monoisotopic (exact) mass is 427 g/mol. The van der Waals surface area contributed by atoms with Gasteiger partial charge in [-0.2, -0.15) is 0 Å². The van der Waals surface area contributed by atoms with Crippen LogP contribution in [-0.4, -0.2) is 71.3 Å². The zero-order valence-corrected chi connectivity index (χ0v) is 17.8. The Labute approximate surface area is 181 Å². The average Bonchev–Trinajstić information content (AvgIpc) is 2.80. The van der Waals surface area contributed by atoms with Gasteiger partial charge in [-0.1, -0.05) is 0 Å². The van der Waals surface area contributed by atoms with Crippen molar-refractivity contribution in [3.8, 4) is 0 Å². The molecule has 2 aliphatic heterocycles. The number of rotatable bonds is 6. The van der Waals surface area contributed by atoms with Crippen LogP contribution in [0.4, 0.5) is 11.9 Å². The molecule has 2 aromatic rings. The van der Waals surface area contributed by atoms with E-state index in [2.05, 4.69) is 30.2 Å². The van der Waals surface area contributed by atoms with Gasteiger partial charge in [-0.15, -0.1) is 0 Å². The van der Waals surface area contributed by atoms with Crippen molar-refractivity contribution in [3.63, 3.8) is 0 Å². The minimum atomic E-state index is -0.174. The van der Waals surface area contributed by atoms with E-state index < -0.39 is 0 Å². The summed E-state index contributed by atoms with van der Waals surface area (Å²) in [4.78, 5) is 45.3. The average molecular weight is 428 g/mol. The Morgan fingerprint density at radius 2 is 2.00 bits per heavy atom. The number of aromatic nitrogens is 4. The molecule has 1 amide bonds. The predicted octanol–water partition coefficient (Wildman–Crippen LogP) is 0.423. The molecule has 2 fully saturated rings. The Bertz CT molecular complexity index is 944. The third-order valence-corrected chi connectivity index (χ3v) is 5.74. The lowest BCUT2D eigenvalue weighted by molar-refractivity contribution is -0.121. The number of piperidine rings is 1. The van der Waals surface area contributed by atoms with Gasteiger partial charge in [0, 0.05) is 62.3 Å². The van der Waals surface area contributed by atoms with Crippen LogP contribution in [0.1, 0.15) is 30.5 Å². The van der Waals surface area contributed by atoms with E-state index in [1.165, 1.54) is 0 Å². The molecule has 2 aromatic heterocycles. The number of hydrogen-bond acceptors (Lipinski definition) is 8. The van der Waals surface area contributed by atoms with E-state index in [-0.39, 0.29) is 23.9 Å². The number of amides is 1. The van der Waals surface area contributed by atoms with E-state index in [1.54, 1.807) is 18.5 Å². The number of aromatic amines is 1. The molecule has 2 N–H and O–H groups in total. The standard InChI is InChI=1S/C21H29N7O3/c1-15-17(19(30)26-21(24-15)27-10-12-31-13-11-27)5-6-18(29)25-16-4-2-9-28(14-16)20-22-7-3-8-23-20/h3,7-8,16H,2,4-6,9-14H2,1H3,(H,25,29)(H,24,26,30). The smallest absolute Gasteiger partial charge is 0.255 e. The van der Waals surface area contributed by atoms with E-state index in [1.807, 2.05) is 11.8 Å². The lowest BCUT2D eigenvalue weighted by Crippen LogP contribution is -2.48. The third-order valence-electron chi connectivity index (χ3n) is 5.74. The Balaban J connectivity index is 1.32. The lowest BCUT2D eigenvalue weighted by Gasteiger charge is -2.33. The van der Waals surface area contributed by atoms with Gasteiger partial charge < -0.3 is 19.9 Å². The molecule has 0 radical (unpaired) electrons. The highest BCUT2D eigenvalue weighted by Gasteiger charge is 2.23. The van der Waals surface area contributed by atoms with Gasteiger partial charge in [0.2, 0.25) is 17.8 Å². The summed E-state index contributed by atoms with van der Waals surface area (Å²) < 4.78 is 5.35. The van der Waals surface area contributed by atoms with Crippen LogP contribution in [0.3, 0.4) is 0 Å². The molecule has 0 aliphatic carbocycles. The fraction of sp³-hybridized carbons (Fsp3) is 0.571. The highest BCUT2D eigenvalue weighted by molar-refractivity contribution is 5.76. The van der Waals surface area contributed by atoms with Gasteiger partial charge in [0.05, 0.1) is 13.2 Å². The van der Waals surface area contributed by atoms with Crippen molar-refractivity contribution in [2.45, 2.75) is 38.6 Å². The van der Waals surface area contributed by atoms with Crippen LogP contribution >= 0.6 is 0 Å². The zero-order chi connectivity index (χ0) is 21.6. The summed E-state index contributed by atoms with van der Waals surface area (Å²) in [5.74, 6) is 1.20. The SMILES string of the molecule is Cc1nc(N2CCOCC2)[nH]c(=O)c1CCC(=O)NC1CCCN(c2ncccn2)C1. The molecule has 4 heterocycles. The van der Waals surface area contributed by atoms with Crippen molar-refractivity contribution < 1.29 is 9.53 Å². The zero-order valence-electron chi connectivity index (χ0n) is 17.8. The number of carbonyl (C=O) groups is 1. The Kier molecular flexibility index (Phi) is 6.76. The van der Waals surface area contributed by atoms with Crippen LogP contribution in [0.15, 0.2) is 23.3 Å². The van der Waals surface area contributed by atoms with Gasteiger partial charge in [0.25, 0.3) is 5.56 Å². The molecule has 10 nitrogen and oxygen atoms in total. The molecule has 4 rings (SSSR count). The number of H-pyrrole nitrogens is 1. The van der Waals surface area contributed by atoms with E-state index in [0.29, 0.717) is 62.4 Å². The molecule has 1 unspecified atom stereocenters. The largest absolute Gasteiger partial charge is 0.378 e. The van der Waals surface area contributed by atoms with Crippen LogP contribution in [0.5, 0.6) is 0 Å². The number of ether oxygens (including phenoxy) is 1. The topological polar surface area (TPSA) is 116 Å². The molecule has 2 saturated heterocycles. The van der Waals surface area contributed by atoms with E-state index in [4.69, 9.17) is 4.74 Å². The van der Waals surface area contributed by atoms with Crippen LogP contribution in [-0.2, 0) is 16.0 Å². The van der Waals surface area contributed by atoms with Crippen molar-refractivity contribution >= 4 is 17.8 Å². The molecule has 2 aliphatic rings. The quantitative estimate of drug-likeness (QED) is 0.682. The number of aryl methyl sites for hydroxylation is 1. The first-order chi connectivity index (χ1) is 15.1. The maximum absolute atomic E-state index is 12.6. The fourth-order valence-electron chi connectivity index (χ4n) is 4.08. The predicted molar refractivity (Wildman–Crippen MR) is 116 cm³/mol. The van der Waals surface area contributed by atoms with E-state index >= 15 is 0 Å². The van der Waals surface area contributed by atoms with Crippen LogP contribution < -0.4 is 20.7 Å². The van der Waals surface area contributed by atoms with E-state index in [9.17, 15) is 9.59 Å². The summed E-state index contributed by atoms with van der Waals surface area (Å²) in [6, 6.07) is 1.84. The van der Waals surface area contributed by atoms with Gasteiger partial charge in [-0.25, -0.2) is 15.0 Å². The summed E-state index contributed by atoms with van der Waals surface area (Å²) in [6.07, 6.45) is 5.95. The van der Waals surface area contributed by atoms with Crippen molar-refractivity contribution in [2.75, 3.05) is 49.2 Å². The maximum atomic E-state index is 12.6. The number of hydrogen-bond donors (Lipinski definition) is 2. The lowest BCUT2D eigenvalue weighted by atomic mass is 10.0. The minimum Gasteiger partial charge on any atom is -0.378 e. The van der Waals surface area contributed by atoms with Gasteiger partial charge in [-0.3, -0.25) is 14.6 Å². The Morgan fingerprint density at radius 3 is 2.74 bits per heavy atom. The number of nitrogens with zero attached hydrogens (tertiary/aromatic N) is 5. The first-order valence-electron chi connectivity index (χ1n) is 10.8. The molecule has 0 aromatic carbocycles. The molecule has 166 valence electrons. The van der Waals surface area contributed by atoms with Gasteiger partial charge in [0.1, 0.15) is 0 Å². The first kappa shape index (κ1) is 21.2. The van der Waals surface area contributed by atoms with Gasteiger partial charge >= 0.3 is 0 Å². The second-order valence-corrected chi connectivity index (χ2v) is 7.95. The summed E-state index contributed by atoms with van der Waals surface area (Å²) in [6.45, 7) is 6.05. The van der Waals surface area contributed by atoms with E-state index in [0.717, 1.165) is 19.4 Å². The first-order valence-corrected chi connectivity index (χ1v) is 10.8. The Morgan fingerprint density at radius 1 is 1.23 bits per heavy atom. The summed E-state index contributed by atoms with van der Waals surface area (Å²) in [7, 11) is 0. The molecule has 0 spiro atoms. The van der Waals surface area contributed by atoms with Crippen LogP contribution in [0.25, 0.3) is 0 Å². The van der Waals surface area contributed by atoms with Gasteiger partial charge in [-0.05, 0) is 32.3 Å². The summed E-state index contributed by atoms with van der Waals surface area (Å²) >= 11 is 0. The van der Waals surface area contributed by atoms with Crippen LogP contribution in [0, 0.1) is 6.92 Å². The molecule has 31 heavy (non-hydrogen) atoms. The molecule has 0 bridgehead atoms. The summed E-state index contributed by atoms with van der Waals surface area (Å²) in [5.41, 5.74) is 1.06. The maximum Gasteiger partial charge on any atom is 0.255 e. The number of carbonyl (C=O) groups excluding carboxylic acids is 1. The number of anilines is 2. The van der Waals surface area contributed by atoms with Crippen molar-refractivity contribution in [2.24, 2.45) is 0 Å². The summed E-state index contributed by atoms with van der Waals surface area (Å²) in [5, 5.41) is 3.10. The molecular formula is C21H29N7O3. The number of morpholine rings is 1. The molecular weight excluding hydrogens is 398 g/mol. The highest BCUT2D eigenvalue weighted by atomic mass is 16.5. The molecule has 10 heteroatoms. The minimum absolute atomic E-state index is 0.0475. The van der Waals surface area contributed by atoms with Crippen molar-refractivity contribution in [1.29, 1.82) is 0 Å². The van der Waals surface area contributed by atoms with Gasteiger partial charge in [0.15, 0.2) is 0 Å². The Hall–Kier alpha value is -3.01. The highest BCUT2D eigenvalue weighted by Crippen LogP contribution is 2.16. The number of nitrogens with one attached hydrogen (secondary N) is 2. The second kappa shape index (κ2) is 9.86. The van der Waals surface area contributed by atoms with Crippen molar-refractivity contribution in [3.05, 3.63) is 40.1 Å². The molecule has 0 saturated carbocycles. The van der Waals surface area contributed by atoms with Crippen molar-refractivity contribution in [1.82, 2.24) is 25.3 Å². The normalized spacial score (nSPS) is 19.3. The third kappa shape index (κ3) is 5.38.